The lowest BCUT2D eigenvalue weighted by atomic mass is 10.1. The summed E-state index contributed by atoms with van der Waals surface area (Å²) in [6.45, 7) is 2.13. The molecule has 0 saturated heterocycles. The molecule has 2 heterocycles. The highest BCUT2D eigenvalue weighted by Crippen LogP contribution is 2.31. The molecule has 1 amide bonds. The van der Waals surface area contributed by atoms with E-state index in [2.05, 4.69) is 10.3 Å². The minimum absolute atomic E-state index is 0.104. The van der Waals surface area contributed by atoms with E-state index in [0.717, 1.165) is 0 Å². The van der Waals surface area contributed by atoms with E-state index >= 15 is 0 Å². The first-order valence-electron chi connectivity index (χ1n) is 9.90. The van der Waals surface area contributed by atoms with Crippen molar-refractivity contribution in [2.24, 2.45) is 0 Å². The molecule has 1 N–H and O–H groups in total. The smallest absolute Gasteiger partial charge is 0.338 e. The molecule has 0 atom stereocenters. The summed E-state index contributed by atoms with van der Waals surface area (Å²) in [5.41, 5.74) is 1.82. The van der Waals surface area contributed by atoms with Crippen LogP contribution in [-0.4, -0.2) is 49.3 Å². The number of imidazole rings is 1. The van der Waals surface area contributed by atoms with Crippen molar-refractivity contribution >= 4 is 27.4 Å². The normalized spacial score (nSPS) is 13.9. The first-order valence-corrected chi connectivity index (χ1v) is 11.6. The molecule has 3 aromatic rings. The van der Waals surface area contributed by atoms with Crippen molar-refractivity contribution < 1.29 is 27.5 Å². The van der Waals surface area contributed by atoms with Crippen LogP contribution in [0.3, 0.4) is 0 Å². The number of carbonyl (C=O) groups excluding carboxylic acids is 2. The van der Waals surface area contributed by atoms with Gasteiger partial charge in [-0.15, -0.1) is 0 Å². The van der Waals surface area contributed by atoms with Crippen LogP contribution in [0.25, 0.3) is 11.3 Å². The first kappa shape index (κ1) is 21.6. The fourth-order valence-electron chi connectivity index (χ4n) is 3.45. The molecule has 2 aromatic carbocycles. The van der Waals surface area contributed by atoms with Gasteiger partial charge in [-0.3, -0.25) is 4.79 Å². The summed E-state index contributed by atoms with van der Waals surface area (Å²) in [6, 6.07) is 13.1. The maximum Gasteiger partial charge on any atom is 0.338 e. The van der Waals surface area contributed by atoms with Gasteiger partial charge in [-0.1, -0.05) is 0 Å². The van der Waals surface area contributed by atoms with Gasteiger partial charge in [0.2, 0.25) is 15.0 Å². The molecule has 1 aliphatic rings. The van der Waals surface area contributed by atoms with Crippen LogP contribution in [0.2, 0.25) is 0 Å². The molecule has 9 nitrogen and oxygen atoms in total. The lowest BCUT2D eigenvalue weighted by molar-refractivity contribution is 0.0526. The van der Waals surface area contributed by atoms with Crippen molar-refractivity contribution in [3.8, 4) is 17.0 Å². The van der Waals surface area contributed by atoms with E-state index in [-0.39, 0.29) is 35.4 Å². The summed E-state index contributed by atoms with van der Waals surface area (Å²) in [6.07, 6.45) is 0. The van der Waals surface area contributed by atoms with Gasteiger partial charge in [0.25, 0.3) is 5.91 Å². The molecular weight excluding hydrogens is 434 g/mol. The summed E-state index contributed by atoms with van der Waals surface area (Å²) in [7, 11) is -2.02. The maximum absolute atomic E-state index is 13.2. The quantitative estimate of drug-likeness (QED) is 0.568. The number of aromatic nitrogens is 2. The molecule has 0 radical (unpaired) electrons. The van der Waals surface area contributed by atoms with Crippen molar-refractivity contribution in [1.29, 1.82) is 0 Å². The Morgan fingerprint density at radius 1 is 1.09 bits per heavy atom. The molecule has 0 spiro atoms. The molecule has 0 aliphatic carbocycles. The third-order valence-electron chi connectivity index (χ3n) is 5.03. The number of hydrogen-bond donors (Lipinski definition) is 1. The Morgan fingerprint density at radius 2 is 1.78 bits per heavy atom. The van der Waals surface area contributed by atoms with Crippen LogP contribution < -0.4 is 10.1 Å². The Balaban J connectivity index is 1.69. The van der Waals surface area contributed by atoms with Gasteiger partial charge in [-0.05, 0) is 55.5 Å². The Hall–Kier alpha value is -3.66. The molecular formula is C22H21N3O6S. The average molecular weight is 455 g/mol. The molecule has 0 saturated carbocycles. The number of rotatable bonds is 6. The number of hydrogen-bond acceptors (Lipinski definition) is 7. The number of carbonyl (C=O) groups is 2. The molecule has 4 rings (SSSR count). The van der Waals surface area contributed by atoms with Crippen LogP contribution in [0.5, 0.6) is 5.75 Å². The first-order chi connectivity index (χ1) is 15.3. The SMILES string of the molecule is CCOC(=O)c1ccc(NC(=O)c2c(-c3ccc(OC)cc3)nc3n2CCS3(=O)=O)cc1. The minimum atomic E-state index is -3.56. The van der Waals surface area contributed by atoms with Gasteiger partial charge in [-0.2, -0.15) is 0 Å². The van der Waals surface area contributed by atoms with E-state index in [1.54, 1.807) is 62.6 Å². The monoisotopic (exact) mass is 455 g/mol. The van der Waals surface area contributed by atoms with Gasteiger partial charge in [-0.25, -0.2) is 18.2 Å². The highest BCUT2D eigenvalue weighted by Gasteiger charge is 2.35. The Labute approximate surface area is 184 Å². The maximum atomic E-state index is 13.2. The number of esters is 1. The van der Waals surface area contributed by atoms with Gasteiger partial charge in [0.1, 0.15) is 17.1 Å². The Kier molecular flexibility index (Phi) is 5.70. The number of sulfone groups is 1. The highest BCUT2D eigenvalue weighted by molar-refractivity contribution is 7.91. The summed E-state index contributed by atoms with van der Waals surface area (Å²) in [5, 5.41) is 2.64. The van der Waals surface area contributed by atoms with Crippen molar-refractivity contribution in [3.63, 3.8) is 0 Å². The second kappa shape index (κ2) is 8.46. The lowest BCUT2D eigenvalue weighted by Gasteiger charge is -2.10. The zero-order valence-corrected chi connectivity index (χ0v) is 18.3. The third kappa shape index (κ3) is 3.96. The van der Waals surface area contributed by atoms with Crippen LogP contribution in [0, 0.1) is 0 Å². The minimum Gasteiger partial charge on any atom is -0.497 e. The topological polar surface area (TPSA) is 117 Å². The Bertz CT molecular complexity index is 1280. The van der Waals surface area contributed by atoms with Gasteiger partial charge < -0.3 is 19.4 Å². The molecule has 1 aliphatic heterocycles. The molecule has 0 bridgehead atoms. The van der Waals surface area contributed by atoms with Crippen LogP contribution in [0.4, 0.5) is 5.69 Å². The number of methoxy groups -OCH3 is 1. The van der Waals surface area contributed by atoms with E-state index in [1.807, 2.05) is 0 Å². The number of benzene rings is 2. The van der Waals surface area contributed by atoms with E-state index < -0.39 is 21.7 Å². The molecule has 1 aromatic heterocycles. The van der Waals surface area contributed by atoms with Crippen molar-refractivity contribution in [3.05, 3.63) is 59.8 Å². The van der Waals surface area contributed by atoms with Gasteiger partial charge in [0.15, 0.2) is 0 Å². The van der Waals surface area contributed by atoms with E-state index in [9.17, 15) is 18.0 Å². The molecule has 32 heavy (non-hydrogen) atoms. The number of fused-ring (bicyclic) bond motifs is 1. The Morgan fingerprint density at radius 3 is 2.41 bits per heavy atom. The second-order valence-electron chi connectivity index (χ2n) is 7.04. The molecule has 166 valence electrons. The average Bonchev–Trinajstić information content (AvgIpc) is 3.32. The fourth-order valence-corrected chi connectivity index (χ4v) is 4.81. The van der Waals surface area contributed by atoms with Crippen molar-refractivity contribution in [2.75, 3.05) is 24.8 Å². The molecule has 10 heteroatoms. The zero-order valence-electron chi connectivity index (χ0n) is 17.5. The summed E-state index contributed by atoms with van der Waals surface area (Å²) >= 11 is 0. The molecule has 0 unspecified atom stereocenters. The molecule has 0 fully saturated rings. The zero-order chi connectivity index (χ0) is 22.9. The summed E-state index contributed by atoms with van der Waals surface area (Å²) < 4.78 is 36.4. The lowest BCUT2D eigenvalue weighted by Crippen LogP contribution is -2.18. The number of anilines is 1. The van der Waals surface area contributed by atoms with Crippen LogP contribution in [0.15, 0.2) is 53.7 Å². The van der Waals surface area contributed by atoms with E-state index in [1.165, 1.54) is 4.57 Å². The number of ether oxygens (including phenoxy) is 2. The number of amides is 1. The predicted molar refractivity (Wildman–Crippen MR) is 117 cm³/mol. The second-order valence-corrected chi connectivity index (χ2v) is 9.05. The fraction of sp³-hybridized carbons (Fsp3) is 0.227. The summed E-state index contributed by atoms with van der Waals surface area (Å²) in [5.74, 6) is -0.436. The number of nitrogens with one attached hydrogen (secondary N) is 1. The highest BCUT2D eigenvalue weighted by atomic mass is 32.2. The van der Waals surface area contributed by atoms with Gasteiger partial charge in [0, 0.05) is 17.8 Å². The van der Waals surface area contributed by atoms with Crippen LogP contribution in [0.1, 0.15) is 27.8 Å². The van der Waals surface area contributed by atoms with E-state index in [0.29, 0.717) is 22.6 Å². The van der Waals surface area contributed by atoms with Crippen LogP contribution >= 0.6 is 0 Å². The summed E-state index contributed by atoms with van der Waals surface area (Å²) in [4.78, 5) is 29.3. The van der Waals surface area contributed by atoms with Crippen molar-refractivity contribution in [2.45, 2.75) is 18.6 Å². The predicted octanol–water partition coefficient (Wildman–Crippen LogP) is 2.78. The van der Waals surface area contributed by atoms with Crippen molar-refractivity contribution in [1.82, 2.24) is 9.55 Å². The van der Waals surface area contributed by atoms with Crippen LogP contribution in [-0.2, 0) is 21.1 Å². The van der Waals surface area contributed by atoms with Gasteiger partial charge in [0.05, 0.1) is 25.0 Å². The number of nitrogens with zero attached hydrogens (tertiary/aromatic N) is 2. The van der Waals surface area contributed by atoms with E-state index in [4.69, 9.17) is 9.47 Å². The largest absolute Gasteiger partial charge is 0.497 e. The third-order valence-corrected chi connectivity index (χ3v) is 6.61. The van der Waals surface area contributed by atoms with Gasteiger partial charge >= 0.3 is 5.97 Å². The standard InChI is InChI=1S/C22H21N3O6S/c1-3-31-21(27)15-4-8-16(9-5-15)23-20(26)19-18(14-6-10-17(30-2)11-7-14)24-22-25(19)12-13-32(22,28)29/h4-11H,3,12-13H2,1-2H3,(H,23,26).